The molecular weight excluding hydrogens is 320 g/mol. The first-order valence-corrected chi connectivity index (χ1v) is 8.21. The van der Waals surface area contributed by atoms with Crippen molar-refractivity contribution in [1.82, 2.24) is 5.32 Å². The predicted octanol–water partition coefficient (Wildman–Crippen LogP) is 2.15. The molecule has 0 aliphatic carbocycles. The van der Waals surface area contributed by atoms with Crippen molar-refractivity contribution < 1.29 is 19.1 Å². The molecule has 25 heavy (non-hydrogen) atoms. The number of benzene rings is 2. The van der Waals surface area contributed by atoms with Crippen molar-refractivity contribution >= 4 is 17.5 Å². The lowest BCUT2D eigenvalue weighted by Gasteiger charge is -2.20. The van der Waals surface area contributed by atoms with Crippen LogP contribution in [0, 0.1) is 0 Å². The van der Waals surface area contributed by atoms with E-state index in [0.29, 0.717) is 23.7 Å². The van der Waals surface area contributed by atoms with E-state index in [1.807, 2.05) is 18.2 Å². The van der Waals surface area contributed by atoms with Gasteiger partial charge in [-0.25, -0.2) is 0 Å². The fraction of sp³-hybridized carbons (Fsp3) is 0.263. The van der Waals surface area contributed by atoms with E-state index < -0.39 is 0 Å². The van der Waals surface area contributed by atoms with Gasteiger partial charge >= 0.3 is 0 Å². The van der Waals surface area contributed by atoms with Gasteiger partial charge < -0.3 is 20.1 Å². The minimum atomic E-state index is -0.242. The molecule has 6 nitrogen and oxygen atoms in total. The summed E-state index contributed by atoms with van der Waals surface area (Å²) < 4.78 is 10.8. The first-order valence-electron chi connectivity index (χ1n) is 8.21. The molecule has 2 amide bonds. The van der Waals surface area contributed by atoms with Crippen LogP contribution in [0.15, 0.2) is 48.5 Å². The Morgan fingerprint density at radius 3 is 2.84 bits per heavy atom. The number of hydrogen-bond donors (Lipinski definition) is 2. The molecule has 3 rings (SSSR count). The minimum absolute atomic E-state index is 0.0155. The normalized spacial score (nSPS) is 12.6. The predicted molar refractivity (Wildman–Crippen MR) is 93.8 cm³/mol. The van der Waals surface area contributed by atoms with E-state index in [2.05, 4.69) is 22.8 Å². The van der Waals surface area contributed by atoms with Crippen LogP contribution in [0.5, 0.6) is 11.5 Å². The van der Waals surface area contributed by atoms with Gasteiger partial charge in [-0.2, -0.15) is 0 Å². The van der Waals surface area contributed by atoms with E-state index >= 15 is 0 Å². The fourth-order valence-electron chi connectivity index (χ4n) is 2.55. The highest BCUT2D eigenvalue weighted by atomic mass is 16.5. The van der Waals surface area contributed by atoms with Gasteiger partial charge in [0, 0.05) is 6.54 Å². The first kappa shape index (κ1) is 16.8. The zero-order valence-electron chi connectivity index (χ0n) is 13.8. The molecule has 0 unspecified atom stereocenters. The van der Waals surface area contributed by atoms with Gasteiger partial charge in [0.1, 0.15) is 17.2 Å². The highest BCUT2D eigenvalue weighted by Gasteiger charge is 2.20. The summed E-state index contributed by atoms with van der Waals surface area (Å²) >= 11 is 0. The summed E-state index contributed by atoms with van der Waals surface area (Å²) in [5.74, 6) is 0.521. The Morgan fingerprint density at radius 1 is 1.16 bits per heavy atom. The van der Waals surface area contributed by atoms with Gasteiger partial charge in [0.05, 0.1) is 0 Å². The van der Waals surface area contributed by atoms with Gasteiger partial charge in [0.2, 0.25) is 0 Å². The zero-order chi connectivity index (χ0) is 17.5. The Kier molecular flexibility index (Phi) is 5.51. The summed E-state index contributed by atoms with van der Waals surface area (Å²) in [6.07, 6.45) is 1.78. The average molecular weight is 340 g/mol. The molecule has 0 saturated heterocycles. The van der Waals surface area contributed by atoms with Crippen molar-refractivity contribution in [2.75, 3.05) is 25.1 Å². The van der Waals surface area contributed by atoms with E-state index in [1.54, 1.807) is 18.2 Å². The summed E-state index contributed by atoms with van der Waals surface area (Å²) in [6.45, 7) is 0.458. The number of para-hydroxylation sites is 1. The lowest BCUT2D eigenvalue weighted by Crippen LogP contribution is -2.30. The second kappa shape index (κ2) is 8.19. The monoisotopic (exact) mass is 340 g/mol. The Balaban J connectivity index is 1.43. The largest absolute Gasteiger partial charge is 0.481 e. The molecule has 2 N–H and O–H groups in total. The molecule has 1 heterocycles. The lowest BCUT2D eigenvalue weighted by atomic mass is 10.1. The molecule has 0 aromatic heterocycles. The number of rotatable bonds is 7. The van der Waals surface area contributed by atoms with Crippen molar-refractivity contribution in [3.8, 4) is 11.5 Å². The van der Waals surface area contributed by atoms with Crippen molar-refractivity contribution in [1.29, 1.82) is 0 Å². The first-order chi connectivity index (χ1) is 12.2. The third-order valence-electron chi connectivity index (χ3n) is 3.78. The van der Waals surface area contributed by atoms with Crippen molar-refractivity contribution in [3.63, 3.8) is 0 Å². The van der Waals surface area contributed by atoms with Crippen LogP contribution in [0.25, 0.3) is 0 Å². The van der Waals surface area contributed by atoms with Gasteiger partial charge in [-0.3, -0.25) is 9.59 Å². The van der Waals surface area contributed by atoms with Gasteiger partial charge in [0.15, 0.2) is 13.2 Å². The molecular formula is C19H20N2O4. The summed E-state index contributed by atoms with van der Waals surface area (Å²) in [5.41, 5.74) is 1.72. The molecule has 0 radical (unpaired) electrons. The summed E-state index contributed by atoms with van der Waals surface area (Å²) in [6, 6.07) is 15.3. The van der Waals surface area contributed by atoms with Crippen LogP contribution in [0.4, 0.5) is 5.69 Å². The fourth-order valence-corrected chi connectivity index (χ4v) is 2.55. The van der Waals surface area contributed by atoms with Crippen LogP contribution >= 0.6 is 0 Å². The number of carbonyl (C=O) groups is 2. The quantitative estimate of drug-likeness (QED) is 0.757. The maximum atomic E-state index is 11.9. The minimum Gasteiger partial charge on any atom is -0.481 e. The van der Waals surface area contributed by atoms with Crippen molar-refractivity contribution in [2.45, 2.75) is 12.8 Å². The summed E-state index contributed by atoms with van der Waals surface area (Å²) in [7, 11) is 0. The van der Waals surface area contributed by atoms with E-state index in [-0.39, 0.29) is 25.0 Å². The highest BCUT2D eigenvalue weighted by molar-refractivity contribution is 5.97. The molecule has 1 aliphatic heterocycles. The van der Waals surface area contributed by atoms with Crippen LogP contribution in [-0.2, 0) is 16.0 Å². The van der Waals surface area contributed by atoms with Gasteiger partial charge in [-0.05, 0) is 30.5 Å². The molecule has 0 atom stereocenters. The highest BCUT2D eigenvalue weighted by Crippen LogP contribution is 2.36. The Bertz CT molecular complexity index is 746. The number of ether oxygens (including phenoxy) is 2. The Hall–Kier alpha value is -3.02. The number of anilines is 1. The van der Waals surface area contributed by atoms with E-state index in [1.165, 1.54) is 5.56 Å². The van der Waals surface area contributed by atoms with E-state index in [4.69, 9.17) is 9.47 Å². The molecule has 0 fully saturated rings. The van der Waals surface area contributed by atoms with Crippen LogP contribution in [-0.4, -0.2) is 31.6 Å². The molecule has 130 valence electrons. The number of fused-ring (bicyclic) bond motifs is 1. The summed E-state index contributed by atoms with van der Waals surface area (Å²) in [4.78, 5) is 23.3. The zero-order valence-corrected chi connectivity index (χ0v) is 13.8. The van der Waals surface area contributed by atoms with E-state index in [9.17, 15) is 9.59 Å². The SMILES string of the molecule is O=C(COc1cccc2c1NC(=O)CO2)NCCCc1ccccc1. The number of aryl methyl sites for hydroxylation is 1. The van der Waals surface area contributed by atoms with Crippen LogP contribution in [0.2, 0.25) is 0 Å². The lowest BCUT2D eigenvalue weighted by molar-refractivity contribution is -0.123. The Morgan fingerprint density at radius 2 is 2.00 bits per heavy atom. The number of hydrogen-bond acceptors (Lipinski definition) is 4. The molecule has 6 heteroatoms. The standard InChI is InChI=1S/C19H20N2O4/c22-17(20-11-5-8-14-6-2-1-3-7-14)12-24-15-9-4-10-16-19(15)21-18(23)13-25-16/h1-4,6-7,9-10H,5,8,11-13H2,(H,20,22)(H,21,23). The third kappa shape index (κ3) is 4.73. The number of amides is 2. The number of carbonyl (C=O) groups excluding carboxylic acids is 2. The molecule has 0 saturated carbocycles. The van der Waals surface area contributed by atoms with Crippen LogP contribution in [0.3, 0.4) is 0 Å². The maximum absolute atomic E-state index is 11.9. The van der Waals surface area contributed by atoms with Crippen molar-refractivity contribution in [2.24, 2.45) is 0 Å². The third-order valence-corrected chi connectivity index (χ3v) is 3.78. The second-order valence-corrected chi connectivity index (χ2v) is 5.69. The van der Waals surface area contributed by atoms with Gasteiger partial charge in [0.25, 0.3) is 11.8 Å². The molecule has 1 aliphatic rings. The second-order valence-electron chi connectivity index (χ2n) is 5.69. The molecule has 2 aromatic carbocycles. The van der Waals surface area contributed by atoms with Gasteiger partial charge in [-0.15, -0.1) is 0 Å². The molecule has 2 aromatic rings. The number of nitrogens with one attached hydrogen (secondary N) is 2. The smallest absolute Gasteiger partial charge is 0.262 e. The van der Waals surface area contributed by atoms with Gasteiger partial charge in [-0.1, -0.05) is 36.4 Å². The molecule has 0 bridgehead atoms. The maximum Gasteiger partial charge on any atom is 0.262 e. The molecule has 0 spiro atoms. The topological polar surface area (TPSA) is 76.7 Å². The summed E-state index contributed by atoms with van der Waals surface area (Å²) in [5, 5.41) is 5.53. The van der Waals surface area contributed by atoms with Crippen molar-refractivity contribution in [3.05, 3.63) is 54.1 Å². The van der Waals surface area contributed by atoms with E-state index in [0.717, 1.165) is 12.8 Å². The van der Waals surface area contributed by atoms with Crippen LogP contribution in [0.1, 0.15) is 12.0 Å². The Labute approximate surface area is 146 Å². The van der Waals surface area contributed by atoms with Crippen LogP contribution < -0.4 is 20.1 Å². The average Bonchev–Trinajstić information content (AvgIpc) is 2.64.